The second-order valence-electron chi connectivity index (χ2n) is 7.76. The molecule has 0 aromatic heterocycles. The molecular formula is C24H30ClFN2O2S. The Morgan fingerprint density at radius 1 is 1.10 bits per heavy atom. The van der Waals surface area contributed by atoms with Crippen LogP contribution in [0.1, 0.15) is 38.3 Å². The lowest BCUT2D eigenvalue weighted by molar-refractivity contribution is -0.139. The maximum absolute atomic E-state index is 13.9. The van der Waals surface area contributed by atoms with Crippen molar-refractivity contribution in [1.82, 2.24) is 10.2 Å². The Kier molecular flexibility index (Phi) is 10.3. The van der Waals surface area contributed by atoms with E-state index < -0.39 is 6.04 Å². The zero-order valence-electron chi connectivity index (χ0n) is 18.2. The third-order valence-electron chi connectivity index (χ3n) is 4.81. The van der Waals surface area contributed by atoms with Crippen LogP contribution in [-0.2, 0) is 21.9 Å². The predicted molar refractivity (Wildman–Crippen MR) is 126 cm³/mol. The molecule has 0 saturated carbocycles. The highest BCUT2D eigenvalue weighted by molar-refractivity contribution is 7.99. The van der Waals surface area contributed by atoms with Gasteiger partial charge in [-0.25, -0.2) is 4.39 Å². The van der Waals surface area contributed by atoms with Crippen LogP contribution in [-0.4, -0.2) is 35.1 Å². The van der Waals surface area contributed by atoms with E-state index in [2.05, 4.69) is 5.32 Å². The summed E-state index contributed by atoms with van der Waals surface area (Å²) in [5.74, 6) is 0.213. The average molecular weight is 465 g/mol. The smallest absolute Gasteiger partial charge is 0.242 e. The average Bonchev–Trinajstić information content (AvgIpc) is 2.74. The Morgan fingerprint density at radius 2 is 1.74 bits per heavy atom. The number of rotatable bonds is 11. The Morgan fingerprint density at radius 3 is 2.35 bits per heavy atom. The van der Waals surface area contributed by atoms with Gasteiger partial charge in [-0.1, -0.05) is 68.8 Å². The van der Waals surface area contributed by atoms with Crippen LogP contribution in [0.15, 0.2) is 48.5 Å². The van der Waals surface area contributed by atoms with Gasteiger partial charge in [-0.15, -0.1) is 11.8 Å². The molecule has 0 spiro atoms. The number of amides is 2. The van der Waals surface area contributed by atoms with E-state index in [1.54, 1.807) is 29.2 Å². The van der Waals surface area contributed by atoms with E-state index in [1.807, 2.05) is 39.0 Å². The van der Waals surface area contributed by atoms with E-state index in [-0.39, 0.29) is 29.9 Å². The number of halogens is 2. The zero-order chi connectivity index (χ0) is 22.8. The standard InChI is InChI=1S/C24H30ClFN2O2S/c1-4-22(24(30)27-13-17(2)3)28(14-18-9-5-7-11-20(18)25)23(29)16-31-15-19-10-6-8-12-21(19)26/h5-12,17,22H,4,13-16H2,1-3H3,(H,27,30). The van der Waals surface area contributed by atoms with Gasteiger partial charge in [0.2, 0.25) is 11.8 Å². The van der Waals surface area contributed by atoms with Gasteiger partial charge < -0.3 is 10.2 Å². The summed E-state index contributed by atoms with van der Waals surface area (Å²) in [6.45, 7) is 6.72. The van der Waals surface area contributed by atoms with Gasteiger partial charge >= 0.3 is 0 Å². The maximum Gasteiger partial charge on any atom is 0.242 e. The highest BCUT2D eigenvalue weighted by Gasteiger charge is 2.29. The van der Waals surface area contributed by atoms with Crippen LogP contribution >= 0.6 is 23.4 Å². The summed E-state index contributed by atoms with van der Waals surface area (Å²) in [6.07, 6.45) is 0.484. The van der Waals surface area contributed by atoms with Crippen LogP contribution in [0, 0.1) is 11.7 Å². The minimum Gasteiger partial charge on any atom is -0.354 e. The fraction of sp³-hybridized carbons (Fsp3) is 0.417. The van der Waals surface area contributed by atoms with Crippen molar-refractivity contribution < 1.29 is 14.0 Å². The van der Waals surface area contributed by atoms with E-state index >= 15 is 0 Å². The molecule has 2 amide bonds. The third kappa shape index (κ3) is 7.86. The summed E-state index contributed by atoms with van der Waals surface area (Å²) in [6, 6.07) is 13.2. The summed E-state index contributed by atoms with van der Waals surface area (Å²) >= 11 is 7.65. The fourth-order valence-corrected chi connectivity index (χ4v) is 4.19. The summed E-state index contributed by atoms with van der Waals surface area (Å²) < 4.78 is 13.9. The summed E-state index contributed by atoms with van der Waals surface area (Å²) in [5.41, 5.74) is 1.34. The van der Waals surface area contributed by atoms with Crippen LogP contribution in [0.3, 0.4) is 0 Å². The van der Waals surface area contributed by atoms with Crippen LogP contribution in [0.4, 0.5) is 4.39 Å². The number of carbonyl (C=O) groups excluding carboxylic acids is 2. The molecule has 2 aromatic rings. The summed E-state index contributed by atoms with van der Waals surface area (Å²) in [5, 5.41) is 3.49. The van der Waals surface area contributed by atoms with Crippen LogP contribution in [0.2, 0.25) is 5.02 Å². The molecule has 31 heavy (non-hydrogen) atoms. The molecule has 0 radical (unpaired) electrons. The topological polar surface area (TPSA) is 49.4 Å². The van der Waals surface area contributed by atoms with E-state index in [0.717, 1.165) is 5.56 Å². The third-order valence-corrected chi connectivity index (χ3v) is 6.14. The molecule has 0 saturated heterocycles. The molecule has 0 heterocycles. The number of nitrogens with one attached hydrogen (secondary N) is 1. The second-order valence-corrected chi connectivity index (χ2v) is 9.15. The fourth-order valence-electron chi connectivity index (χ4n) is 3.10. The van der Waals surface area contributed by atoms with Gasteiger partial charge in [0.15, 0.2) is 0 Å². The molecule has 4 nitrogen and oxygen atoms in total. The number of thioether (sulfide) groups is 1. The Balaban J connectivity index is 2.14. The first-order chi connectivity index (χ1) is 14.8. The minimum atomic E-state index is -0.600. The lowest BCUT2D eigenvalue weighted by Crippen LogP contribution is -2.50. The normalized spacial score (nSPS) is 11.9. The van der Waals surface area contributed by atoms with Gasteiger partial charge in [0.25, 0.3) is 0 Å². The van der Waals surface area contributed by atoms with E-state index in [4.69, 9.17) is 11.6 Å². The molecule has 0 bridgehead atoms. The monoisotopic (exact) mass is 464 g/mol. The van der Waals surface area contributed by atoms with Gasteiger partial charge in [-0.2, -0.15) is 0 Å². The first-order valence-electron chi connectivity index (χ1n) is 10.4. The number of carbonyl (C=O) groups is 2. The summed E-state index contributed by atoms with van der Waals surface area (Å²) in [7, 11) is 0. The molecule has 2 rings (SSSR count). The first-order valence-corrected chi connectivity index (χ1v) is 12.0. The van der Waals surface area contributed by atoms with Crippen molar-refractivity contribution >= 4 is 35.2 Å². The highest BCUT2D eigenvalue weighted by atomic mass is 35.5. The Hall–Kier alpha value is -2.05. The van der Waals surface area contributed by atoms with Crippen molar-refractivity contribution in [1.29, 1.82) is 0 Å². The SMILES string of the molecule is CCC(C(=O)NCC(C)C)N(Cc1ccccc1Cl)C(=O)CSCc1ccccc1F. The van der Waals surface area contributed by atoms with Crippen molar-refractivity contribution in [2.24, 2.45) is 5.92 Å². The zero-order valence-corrected chi connectivity index (χ0v) is 19.8. The molecule has 1 unspecified atom stereocenters. The number of benzene rings is 2. The Bertz CT molecular complexity index is 878. The van der Waals surface area contributed by atoms with Gasteiger partial charge in [-0.3, -0.25) is 9.59 Å². The van der Waals surface area contributed by atoms with Gasteiger partial charge in [0.05, 0.1) is 5.75 Å². The molecule has 1 N–H and O–H groups in total. The molecule has 0 fully saturated rings. The number of hydrogen-bond acceptors (Lipinski definition) is 3. The molecule has 2 aromatic carbocycles. The number of hydrogen-bond donors (Lipinski definition) is 1. The molecule has 0 aliphatic carbocycles. The van der Waals surface area contributed by atoms with Gasteiger partial charge in [0, 0.05) is 23.9 Å². The maximum atomic E-state index is 13.9. The van der Waals surface area contributed by atoms with Crippen LogP contribution < -0.4 is 5.32 Å². The van der Waals surface area contributed by atoms with Crippen LogP contribution in [0.25, 0.3) is 0 Å². The molecule has 0 aliphatic rings. The van der Waals surface area contributed by atoms with Crippen molar-refractivity contribution in [2.45, 2.75) is 45.5 Å². The highest BCUT2D eigenvalue weighted by Crippen LogP contribution is 2.22. The van der Waals surface area contributed by atoms with Crippen molar-refractivity contribution in [2.75, 3.05) is 12.3 Å². The van der Waals surface area contributed by atoms with Crippen molar-refractivity contribution in [3.63, 3.8) is 0 Å². The largest absolute Gasteiger partial charge is 0.354 e. The van der Waals surface area contributed by atoms with Crippen LogP contribution in [0.5, 0.6) is 0 Å². The van der Waals surface area contributed by atoms with Crippen molar-refractivity contribution in [3.8, 4) is 0 Å². The number of nitrogens with zero attached hydrogens (tertiary/aromatic N) is 1. The van der Waals surface area contributed by atoms with E-state index in [0.29, 0.717) is 35.2 Å². The van der Waals surface area contributed by atoms with E-state index in [1.165, 1.54) is 17.8 Å². The lowest BCUT2D eigenvalue weighted by Gasteiger charge is -2.31. The van der Waals surface area contributed by atoms with Gasteiger partial charge in [-0.05, 0) is 35.6 Å². The molecule has 168 valence electrons. The molecule has 0 aliphatic heterocycles. The predicted octanol–water partition coefficient (Wildman–Crippen LogP) is 5.29. The Labute approximate surface area is 193 Å². The molecular weight excluding hydrogens is 435 g/mol. The van der Waals surface area contributed by atoms with Gasteiger partial charge in [0.1, 0.15) is 11.9 Å². The van der Waals surface area contributed by atoms with E-state index in [9.17, 15) is 14.0 Å². The lowest BCUT2D eigenvalue weighted by atomic mass is 10.1. The molecule has 7 heteroatoms. The van der Waals surface area contributed by atoms with Crippen molar-refractivity contribution in [3.05, 3.63) is 70.5 Å². The quantitative estimate of drug-likeness (QED) is 0.491. The minimum absolute atomic E-state index is 0.146. The molecule has 1 atom stereocenters. The summed E-state index contributed by atoms with van der Waals surface area (Å²) in [4.78, 5) is 27.6. The second kappa shape index (κ2) is 12.7. The first kappa shape index (κ1) is 25.2.